The maximum atomic E-state index is 12.5. The summed E-state index contributed by atoms with van der Waals surface area (Å²) in [6.07, 6.45) is 3.32. The average molecular weight is 278 g/mol. The van der Waals surface area contributed by atoms with E-state index in [1.807, 2.05) is 0 Å². The Kier molecular flexibility index (Phi) is 3.92. The second-order valence-corrected chi connectivity index (χ2v) is 5.27. The van der Waals surface area contributed by atoms with Crippen LogP contribution in [0.25, 0.3) is 0 Å². The van der Waals surface area contributed by atoms with Gasteiger partial charge in [0.2, 0.25) is 0 Å². The van der Waals surface area contributed by atoms with Crippen LogP contribution in [0.1, 0.15) is 30.1 Å². The molecule has 0 radical (unpaired) electrons. The van der Waals surface area contributed by atoms with Crippen molar-refractivity contribution < 1.29 is 14.7 Å². The molecule has 0 aromatic carbocycles. The van der Waals surface area contributed by atoms with Gasteiger partial charge in [-0.25, -0.2) is 0 Å². The van der Waals surface area contributed by atoms with Crippen LogP contribution in [0.2, 0.25) is 0 Å². The van der Waals surface area contributed by atoms with E-state index < -0.39 is 11.9 Å². The van der Waals surface area contributed by atoms with E-state index in [4.69, 9.17) is 5.11 Å². The molecular formula is C14H18N2O4. The Balaban J connectivity index is 2.25. The summed E-state index contributed by atoms with van der Waals surface area (Å²) in [5.41, 5.74) is -0.259. The molecule has 1 N–H and O–H groups in total. The molecule has 1 aromatic rings. The Hall–Kier alpha value is -2.11. The molecule has 1 aromatic heterocycles. The van der Waals surface area contributed by atoms with Gasteiger partial charge in [-0.2, -0.15) is 0 Å². The normalized spacial score (nSPS) is 15.7. The van der Waals surface area contributed by atoms with Crippen LogP contribution in [0.3, 0.4) is 0 Å². The zero-order chi connectivity index (χ0) is 14.9. The molecule has 1 amide bonds. The maximum Gasteiger partial charge on any atom is 0.308 e. The number of nitrogens with zero attached hydrogens (tertiary/aromatic N) is 2. The predicted octanol–water partition coefficient (Wildman–Crippen LogP) is 0.711. The molecular weight excluding hydrogens is 260 g/mol. The molecule has 1 fully saturated rings. The van der Waals surface area contributed by atoms with E-state index in [1.165, 1.54) is 15.5 Å². The van der Waals surface area contributed by atoms with Crippen LogP contribution in [0, 0.1) is 5.92 Å². The Bertz CT molecular complexity index is 589. The maximum absolute atomic E-state index is 12.5. The zero-order valence-electron chi connectivity index (χ0n) is 11.6. The molecule has 0 bridgehead atoms. The van der Waals surface area contributed by atoms with Gasteiger partial charge in [-0.3, -0.25) is 14.4 Å². The van der Waals surface area contributed by atoms with Gasteiger partial charge in [0.05, 0.1) is 5.92 Å². The molecule has 1 saturated carbocycles. The highest BCUT2D eigenvalue weighted by molar-refractivity contribution is 5.94. The summed E-state index contributed by atoms with van der Waals surface area (Å²) < 4.78 is 1.35. The van der Waals surface area contributed by atoms with E-state index in [1.54, 1.807) is 26.2 Å². The molecule has 2 rings (SSSR count). The number of carbonyl (C=O) groups is 2. The minimum atomic E-state index is -0.940. The fourth-order valence-electron chi connectivity index (χ4n) is 2.07. The molecule has 1 atom stereocenters. The van der Waals surface area contributed by atoms with Crippen molar-refractivity contribution in [1.82, 2.24) is 9.47 Å². The van der Waals surface area contributed by atoms with Gasteiger partial charge in [0.1, 0.15) is 5.56 Å². The van der Waals surface area contributed by atoms with Crippen LogP contribution in [-0.2, 0) is 11.8 Å². The van der Waals surface area contributed by atoms with Crippen molar-refractivity contribution in [3.8, 4) is 0 Å². The van der Waals surface area contributed by atoms with Gasteiger partial charge in [-0.1, -0.05) is 6.92 Å². The molecule has 6 nitrogen and oxygen atoms in total. The molecule has 108 valence electrons. The number of carbonyl (C=O) groups excluding carboxylic acids is 1. The molecule has 1 aliphatic rings. The summed E-state index contributed by atoms with van der Waals surface area (Å²) in [7, 11) is 1.58. The highest BCUT2D eigenvalue weighted by Gasteiger charge is 2.35. The number of hydrogen-bond donors (Lipinski definition) is 1. The molecule has 1 unspecified atom stereocenters. The van der Waals surface area contributed by atoms with Crippen molar-refractivity contribution >= 4 is 11.9 Å². The topological polar surface area (TPSA) is 79.6 Å². The van der Waals surface area contributed by atoms with Crippen molar-refractivity contribution in [2.24, 2.45) is 13.0 Å². The van der Waals surface area contributed by atoms with Crippen LogP contribution in [0.15, 0.2) is 23.1 Å². The molecule has 20 heavy (non-hydrogen) atoms. The Morgan fingerprint density at radius 1 is 1.50 bits per heavy atom. The van der Waals surface area contributed by atoms with Crippen molar-refractivity contribution in [2.45, 2.75) is 25.8 Å². The predicted molar refractivity (Wildman–Crippen MR) is 72.5 cm³/mol. The first-order valence-corrected chi connectivity index (χ1v) is 6.61. The minimum Gasteiger partial charge on any atom is -0.481 e. The fraction of sp³-hybridized carbons (Fsp3) is 0.500. The first-order chi connectivity index (χ1) is 9.41. The molecule has 1 heterocycles. The van der Waals surface area contributed by atoms with Gasteiger partial charge in [-0.05, 0) is 25.0 Å². The standard InChI is InChI=1S/C14H18N2O4/c1-9(14(19)20)8-16(10-5-6-10)13(18)11-4-3-7-15(2)12(11)17/h3-4,7,9-10H,5-6,8H2,1-2H3,(H,19,20). The highest BCUT2D eigenvalue weighted by Crippen LogP contribution is 2.28. The molecule has 0 aliphatic heterocycles. The smallest absolute Gasteiger partial charge is 0.308 e. The van der Waals surface area contributed by atoms with Crippen molar-refractivity contribution in [1.29, 1.82) is 0 Å². The lowest BCUT2D eigenvalue weighted by atomic mass is 10.1. The third kappa shape index (κ3) is 2.89. The highest BCUT2D eigenvalue weighted by atomic mass is 16.4. The SMILES string of the molecule is CC(CN(C(=O)c1cccn(C)c1=O)C1CC1)C(=O)O. The summed E-state index contributed by atoms with van der Waals surface area (Å²) in [6.45, 7) is 1.70. The molecule has 0 spiro atoms. The van der Waals surface area contributed by atoms with Crippen LogP contribution < -0.4 is 5.56 Å². The van der Waals surface area contributed by atoms with E-state index in [2.05, 4.69) is 0 Å². The zero-order valence-corrected chi connectivity index (χ0v) is 11.6. The van der Waals surface area contributed by atoms with Crippen LogP contribution in [-0.4, -0.2) is 39.0 Å². The summed E-state index contributed by atoms with van der Waals surface area (Å²) in [6, 6.07) is 3.19. The summed E-state index contributed by atoms with van der Waals surface area (Å²) in [5, 5.41) is 8.98. The number of carboxylic acid groups (broad SMARTS) is 1. The van der Waals surface area contributed by atoms with Crippen LogP contribution in [0.4, 0.5) is 0 Å². The van der Waals surface area contributed by atoms with Crippen molar-refractivity contribution in [3.05, 3.63) is 34.2 Å². The number of hydrogen-bond acceptors (Lipinski definition) is 3. The number of carboxylic acids is 1. The average Bonchev–Trinajstić information content (AvgIpc) is 3.22. The largest absolute Gasteiger partial charge is 0.481 e. The van der Waals surface area contributed by atoms with E-state index in [0.717, 1.165) is 12.8 Å². The summed E-state index contributed by atoms with van der Waals surface area (Å²) in [5.74, 6) is -1.96. The third-order valence-electron chi connectivity index (χ3n) is 3.49. The quantitative estimate of drug-likeness (QED) is 0.860. The van der Waals surface area contributed by atoms with Gasteiger partial charge in [-0.15, -0.1) is 0 Å². The van der Waals surface area contributed by atoms with Gasteiger partial charge in [0.15, 0.2) is 0 Å². The molecule has 6 heteroatoms. The first-order valence-electron chi connectivity index (χ1n) is 6.61. The lowest BCUT2D eigenvalue weighted by Gasteiger charge is -2.24. The second-order valence-electron chi connectivity index (χ2n) is 5.27. The molecule has 1 aliphatic carbocycles. The number of aliphatic carboxylic acids is 1. The van der Waals surface area contributed by atoms with Gasteiger partial charge in [0.25, 0.3) is 11.5 Å². The number of rotatable bonds is 5. The van der Waals surface area contributed by atoms with E-state index >= 15 is 0 Å². The number of pyridine rings is 1. The Morgan fingerprint density at radius 2 is 2.15 bits per heavy atom. The second kappa shape index (κ2) is 5.48. The van der Waals surface area contributed by atoms with E-state index in [0.29, 0.717) is 0 Å². The monoisotopic (exact) mass is 278 g/mol. The number of aryl methyl sites for hydroxylation is 1. The number of amides is 1. The van der Waals surface area contributed by atoms with Crippen molar-refractivity contribution in [3.63, 3.8) is 0 Å². The summed E-state index contributed by atoms with van der Waals surface area (Å²) >= 11 is 0. The minimum absolute atomic E-state index is 0.0641. The van der Waals surface area contributed by atoms with Crippen molar-refractivity contribution in [2.75, 3.05) is 6.54 Å². The van der Waals surface area contributed by atoms with Crippen LogP contribution in [0.5, 0.6) is 0 Å². The summed E-state index contributed by atoms with van der Waals surface area (Å²) in [4.78, 5) is 36.9. The Morgan fingerprint density at radius 3 is 2.70 bits per heavy atom. The van der Waals surface area contributed by atoms with E-state index in [-0.39, 0.29) is 29.6 Å². The fourth-order valence-corrected chi connectivity index (χ4v) is 2.07. The lowest BCUT2D eigenvalue weighted by molar-refractivity contribution is -0.141. The van der Waals surface area contributed by atoms with Crippen LogP contribution >= 0.6 is 0 Å². The lowest BCUT2D eigenvalue weighted by Crippen LogP contribution is -2.41. The van der Waals surface area contributed by atoms with Gasteiger partial charge >= 0.3 is 5.97 Å². The third-order valence-corrected chi connectivity index (χ3v) is 3.49. The molecule has 0 saturated heterocycles. The van der Waals surface area contributed by atoms with E-state index in [9.17, 15) is 14.4 Å². The number of aromatic nitrogens is 1. The Labute approximate surface area is 116 Å². The first kappa shape index (κ1) is 14.3. The van der Waals surface area contributed by atoms with Gasteiger partial charge in [0, 0.05) is 25.8 Å². The van der Waals surface area contributed by atoms with Gasteiger partial charge < -0.3 is 14.6 Å².